The lowest BCUT2D eigenvalue weighted by atomic mass is 10.2. The van der Waals surface area contributed by atoms with Crippen molar-refractivity contribution in [3.05, 3.63) is 72.1 Å². The first-order chi connectivity index (χ1) is 14.2. The number of anilines is 1. The molecule has 8 nitrogen and oxygen atoms in total. The van der Waals surface area contributed by atoms with Gasteiger partial charge in [0.2, 0.25) is 5.88 Å². The van der Waals surface area contributed by atoms with Crippen molar-refractivity contribution >= 4 is 11.7 Å². The van der Waals surface area contributed by atoms with E-state index in [4.69, 9.17) is 4.74 Å². The summed E-state index contributed by atoms with van der Waals surface area (Å²) in [6.07, 6.45) is 4.73. The van der Waals surface area contributed by atoms with Crippen LogP contribution in [0.4, 0.5) is 5.82 Å². The highest BCUT2D eigenvalue weighted by Gasteiger charge is 2.24. The van der Waals surface area contributed by atoms with Crippen molar-refractivity contribution in [2.45, 2.75) is 13.5 Å². The number of carbonyl (C=O) groups is 1. The van der Waals surface area contributed by atoms with Gasteiger partial charge in [0, 0.05) is 44.0 Å². The van der Waals surface area contributed by atoms with Gasteiger partial charge in [0.05, 0.1) is 0 Å². The molecule has 1 aliphatic heterocycles. The number of aromatic nitrogens is 4. The highest BCUT2D eigenvalue weighted by atomic mass is 16.5. The van der Waals surface area contributed by atoms with Crippen LogP contribution >= 0.6 is 0 Å². The molecule has 1 saturated heterocycles. The summed E-state index contributed by atoms with van der Waals surface area (Å²) in [7, 11) is 0. The van der Waals surface area contributed by atoms with E-state index in [9.17, 15) is 4.79 Å². The van der Waals surface area contributed by atoms with Crippen molar-refractivity contribution in [3.8, 4) is 5.88 Å². The summed E-state index contributed by atoms with van der Waals surface area (Å²) in [5.74, 6) is 1.20. The molecule has 4 rings (SSSR count). The Balaban J connectivity index is 1.37. The van der Waals surface area contributed by atoms with Gasteiger partial charge in [0.25, 0.3) is 5.91 Å². The van der Waals surface area contributed by atoms with E-state index in [1.807, 2.05) is 37.3 Å². The number of piperazine rings is 1. The van der Waals surface area contributed by atoms with E-state index in [-0.39, 0.29) is 5.91 Å². The predicted molar refractivity (Wildman–Crippen MR) is 108 cm³/mol. The number of hydrogen-bond donors (Lipinski definition) is 0. The molecule has 3 aromatic rings. The lowest BCUT2D eigenvalue weighted by Crippen LogP contribution is -2.49. The lowest BCUT2D eigenvalue weighted by molar-refractivity contribution is 0.0739. The molecule has 2 aromatic heterocycles. The molecule has 1 aromatic carbocycles. The van der Waals surface area contributed by atoms with Crippen LogP contribution in [-0.2, 0) is 6.61 Å². The molecule has 1 amide bonds. The average Bonchev–Trinajstić information content (AvgIpc) is 2.79. The Morgan fingerprint density at radius 1 is 1.03 bits per heavy atom. The number of aryl methyl sites for hydroxylation is 1. The Morgan fingerprint density at radius 2 is 1.83 bits per heavy atom. The maximum atomic E-state index is 12.9. The first-order valence-corrected chi connectivity index (χ1v) is 9.50. The van der Waals surface area contributed by atoms with Crippen LogP contribution in [0, 0.1) is 6.92 Å². The Morgan fingerprint density at radius 3 is 2.59 bits per heavy atom. The van der Waals surface area contributed by atoms with Gasteiger partial charge in [-0.05, 0) is 12.5 Å². The molecule has 29 heavy (non-hydrogen) atoms. The van der Waals surface area contributed by atoms with E-state index in [1.54, 1.807) is 23.5 Å². The molecular formula is C21H22N6O2. The van der Waals surface area contributed by atoms with Crippen molar-refractivity contribution in [1.82, 2.24) is 24.8 Å². The standard InChI is InChI=1S/C21H22N6O2/c1-16-12-22-14-25-20(16)26-7-9-27(10-8-26)21(28)18-11-19(24-15-23-18)29-13-17-5-3-2-4-6-17/h2-6,11-12,14-15H,7-10,13H2,1H3. The van der Waals surface area contributed by atoms with Crippen molar-refractivity contribution in [2.24, 2.45) is 0 Å². The molecule has 0 N–H and O–H groups in total. The zero-order valence-corrected chi connectivity index (χ0v) is 16.2. The number of nitrogens with zero attached hydrogens (tertiary/aromatic N) is 6. The maximum Gasteiger partial charge on any atom is 0.272 e. The molecular weight excluding hydrogens is 368 g/mol. The Bertz CT molecular complexity index is 974. The molecule has 0 saturated carbocycles. The van der Waals surface area contributed by atoms with Crippen LogP contribution in [0.5, 0.6) is 5.88 Å². The predicted octanol–water partition coefficient (Wildman–Crippen LogP) is 2.12. The highest BCUT2D eigenvalue weighted by Crippen LogP contribution is 2.18. The topological polar surface area (TPSA) is 84.3 Å². The zero-order valence-electron chi connectivity index (χ0n) is 16.2. The molecule has 0 aliphatic carbocycles. The fourth-order valence-electron chi connectivity index (χ4n) is 3.27. The molecule has 0 unspecified atom stereocenters. The van der Waals surface area contributed by atoms with E-state index < -0.39 is 0 Å². The number of amides is 1. The molecule has 8 heteroatoms. The largest absolute Gasteiger partial charge is 0.473 e. The third-order valence-corrected chi connectivity index (χ3v) is 4.82. The monoisotopic (exact) mass is 390 g/mol. The lowest BCUT2D eigenvalue weighted by Gasteiger charge is -2.35. The normalized spacial score (nSPS) is 14.0. The maximum absolute atomic E-state index is 12.9. The summed E-state index contributed by atoms with van der Waals surface area (Å²) in [5, 5.41) is 0. The van der Waals surface area contributed by atoms with Gasteiger partial charge >= 0.3 is 0 Å². The van der Waals surface area contributed by atoms with E-state index in [1.165, 1.54) is 6.33 Å². The summed E-state index contributed by atoms with van der Waals surface area (Å²) in [5.41, 5.74) is 2.41. The minimum absolute atomic E-state index is 0.115. The van der Waals surface area contributed by atoms with E-state index in [0.29, 0.717) is 44.4 Å². The number of ether oxygens (including phenoxy) is 1. The Hall–Kier alpha value is -3.55. The molecule has 0 radical (unpaired) electrons. The van der Waals surface area contributed by atoms with E-state index in [2.05, 4.69) is 24.8 Å². The second kappa shape index (κ2) is 8.64. The van der Waals surface area contributed by atoms with Crippen LogP contribution in [0.15, 0.2) is 55.2 Å². The summed E-state index contributed by atoms with van der Waals surface area (Å²) < 4.78 is 5.71. The van der Waals surface area contributed by atoms with Gasteiger partial charge in [-0.15, -0.1) is 0 Å². The van der Waals surface area contributed by atoms with Crippen LogP contribution in [0.2, 0.25) is 0 Å². The first kappa shape index (κ1) is 18.8. The summed E-state index contributed by atoms with van der Waals surface area (Å²) in [6, 6.07) is 11.4. The Labute approximate surface area is 169 Å². The quantitative estimate of drug-likeness (QED) is 0.660. The van der Waals surface area contributed by atoms with Gasteiger partial charge in [0.1, 0.15) is 30.8 Å². The van der Waals surface area contributed by atoms with E-state index >= 15 is 0 Å². The van der Waals surface area contributed by atoms with Gasteiger partial charge in [0.15, 0.2) is 0 Å². The van der Waals surface area contributed by atoms with Crippen molar-refractivity contribution in [3.63, 3.8) is 0 Å². The molecule has 3 heterocycles. The van der Waals surface area contributed by atoms with Crippen LogP contribution in [-0.4, -0.2) is 56.9 Å². The molecule has 1 fully saturated rings. The third-order valence-electron chi connectivity index (χ3n) is 4.82. The zero-order chi connectivity index (χ0) is 20.1. The molecule has 0 spiro atoms. The molecule has 0 atom stereocenters. The van der Waals surface area contributed by atoms with Crippen LogP contribution in [0.25, 0.3) is 0 Å². The molecule has 0 bridgehead atoms. The third kappa shape index (κ3) is 4.48. The SMILES string of the molecule is Cc1cncnc1N1CCN(C(=O)c2cc(OCc3ccccc3)ncn2)CC1. The van der Waals surface area contributed by atoms with Gasteiger partial charge in [-0.25, -0.2) is 19.9 Å². The van der Waals surface area contributed by atoms with Gasteiger partial charge < -0.3 is 14.5 Å². The van der Waals surface area contributed by atoms with Crippen molar-refractivity contribution in [2.75, 3.05) is 31.1 Å². The van der Waals surface area contributed by atoms with Crippen molar-refractivity contribution < 1.29 is 9.53 Å². The van der Waals surface area contributed by atoms with Crippen LogP contribution in [0.3, 0.4) is 0 Å². The molecule has 1 aliphatic rings. The number of benzene rings is 1. The minimum atomic E-state index is -0.115. The van der Waals surface area contributed by atoms with Crippen LogP contribution in [0.1, 0.15) is 21.6 Å². The number of carbonyl (C=O) groups excluding carboxylic acids is 1. The van der Waals surface area contributed by atoms with Crippen molar-refractivity contribution in [1.29, 1.82) is 0 Å². The smallest absolute Gasteiger partial charge is 0.272 e. The van der Waals surface area contributed by atoms with Gasteiger partial charge in [-0.3, -0.25) is 4.79 Å². The minimum Gasteiger partial charge on any atom is -0.473 e. The fraction of sp³-hybridized carbons (Fsp3) is 0.286. The Kier molecular flexibility index (Phi) is 5.60. The summed E-state index contributed by atoms with van der Waals surface area (Å²) in [6.45, 7) is 5.02. The number of hydrogen-bond acceptors (Lipinski definition) is 7. The van der Waals surface area contributed by atoms with Crippen LogP contribution < -0.4 is 9.64 Å². The van der Waals surface area contributed by atoms with E-state index in [0.717, 1.165) is 16.9 Å². The van der Waals surface area contributed by atoms with Gasteiger partial charge in [-0.2, -0.15) is 0 Å². The van der Waals surface area contributed by atoms with Gasteiger partial charge in [-0.1, -0.05) is 30.3 Å². The number of rotatable bonds is 5. The summed E-state index contributed by atoms with van der Waals surface area (Å²) >= 11 is 0. The highest BCUT2D eigenvalue weighted by molar-refractivity contribution is 5.92. The second-order valence-corrected chi connectivity index (χ2v) is 6.82. The summed E-state index contributed by atoms with van der Waals surface area (Å²) in [4.78, 5) is 33.5. The first-order valence-electron chi connectivity index (χ1n) is 9.50. The molecule has 148 valence electrons. The fourth-order valence-corrected chi connectivity index (χ4v) is 3.27. The second-order valence-electron chi connectivity index (χ2n) is 6.82. The average molecular weight is 390 g/mol.